The van der Waals surface area contributed by atoms with Crippen molar-refractivity contribution in [1.29, 1.82) is 0 Å². The monoisotopic (exact) mass is 241 g/mol. The number of halogens is 4. The van der Waals surface area contributed by atoms with E-state index >= 15 is 0 Å². The van der Waals surface area contributed by atoms with E-state index in [1.165, 1.54) is 7.05 Å². The molecule has 90 valence electrons. The van der Waals surface area contributed by atoms with Crippen LogP contribution in [0.4, 0.5) is 23.5 Å². The second kappa shape index (κ2) is 5.33. The number of rotatable bonds is 5. The van der Waals surface area contributed by atoms with Crippen molar-refractivity contribution < 1.29 is 27.0 Å². The smallest absolute Gasteiger partial charge is 0.388 e. The van der Waals surface area contributed by atoms with Gasteiger partial charge in [-0.2, -0.15) is 27.5 Å². The van der Waals surface area contributed by atoms with Crippen LogP contribution in [0.2, 0.25) is 0 Å². The quantitative estimate of drug-likeness (QED) is 0.795. The van der Waals surface area contributed by atoms with Crippen LogP contribution < -0.4 is 14.8 Å². The summed E-state index contributed by atoms with van der Waals surface area (Å²) in [5.74, 6) is -1.30. The van der Waals surface area contributed by atoms with Gasteiger partial charge in [0.1, 0.15) is 0 Å². The molecule has 0 aliphatic heterocycles. The molecule has 0 atom stereocenters. The van der Waals surface area contributed by atoms with Crippen LogP contribution in [-0.4, -0.2) is 30.2 Å². The Kier molecular flexibility index (Phi) is 4.09. The topological polar surface area (TPSA) is 56.3 Å². The molecule has 0 aliphatic carbocycles. The summed E-state index contributed by atoms with van der Waals surface area (Å²) in [6, 6.07) is 0.735. The molecule has 9 heteroatoms. The number of aromatic nitrogens is 2. The Labute approximate surface area is 87.4 Å². The molecule has 0 saturated carbocycles. The second-order valence-electron chi connectivity index (χ2n) is 2.38. The van der Waals surface area contributed by atoms with E-state index < -0.39 is 25.0 Å². The maximum absolute atomic E-state index is 11.9. The molecule has 0 fully saturated rings. The van der Waals surface area contributed by atoms with Gasteiger partial charge in [-0.15, -0.1) is 0 Å². The highest BCUT2D eigenvalue weighted by Gasteiger charge is 2.13. The molecule has 0 aliphatic rings. The largest absolute Gasteiger partial charge is 0.417 e. The average Bonchev–Trinajstić information content (AvgIpc) is 2.14. The van der Waals surface area contributed by atoms with Gasteiger partial charge in [0.05, 0.1) is 6.07 Å². The van der Waals surface area contributed by atoms with Crippen LogP contribution >= 0.6 is 0 Å². The van der Waals surface area contributed by atoms with Crippen LogP contribution in [-0.2, 0) is 0 Å². The van der Waals surface area contributed by atoms with Crippen molar-refractivity contribution >= 4 is 5.95 Å². The Bertz CT molecular complexity index is 322. The molecule has 0 amide bonds. The van der Waals surface area contributed by atoms with Crippen molar-refractivity contribution in [2.75, 3.05) is 12.4 Å². The maximum Gasteiger partial charge on any atom is 0.388 e. The van der Waals surface area contributed by atoms with Crippen LogP contribution in [0.5, 0.6) is 11.8 Å². The van der Waals surface area contributed by atoms with E-state index in [0.717, 1.165) is 6.07 Å². The summed E-state index contributed by atoms with van der Waals surface area (Å²) >= 11 is 0. The van der Waals surface area contributed by atoms with E-state index in [4.69, 9.17) is 0 Å². The number of nitrogens with zero attached hydrogens (tertiary/aromatic N) is 2. The number of hydrogen-bond acceptors (Lipinski definition) is 5. The number of nitrogens with one attached hydrogen (secondary N) is 1. The van der Waals surface area contributed by atoms with Crippen molar-refractivity contribution in [2.45, 2.75) is 13.2 Å². The molecule has 0 saturated heterocycles. The molecule has 1 aromatic heterocycles. The summed E-state index contributed by atoms with van der Waals surface area (Å²) < 4.78 is 55.3. The highest BCUT2D eigenvalue weighted by atomic mass is 19.3. The van der Waals surface area contributed by atoms with Crippen LogP contribution in [0.1, 0.15) is 0 Å². The molecule has 0 unspecified atom stereocenters. The molecule has 0 spiro atoms. The van der Waals surface area contributed by atoms with E-state index in [1.807, 2.05) is 0 Å². The first-order valence-electron chi connectivity index (χ1n) is 3.97. The van der Waals surface area contributed by atoms with Gasteiger partial charge in [0, 0.05) is 7.05 Å². The Balaban J connectivity index is 2.91. The Morgan fingerprint density at radius 3 is 1.81 bits per heavy atom. The predicted molar refractivity (Wildman–Crippen MR) is 44.8 cm³/mol. The molecule has 1 heterocycles. The summed E-state index contributed by atoms with van der Waals surface area (Å²) in [5, 5.41) is 2.38. The van der Waals surface area contributed by atoms with Gasteiger partial charge in [-0.1, -0.05) is 0 Å². The molecule has 0 aromatic carbocycles. The van der Waals surface area contributed by atoms with E-state index in [-0.39, 0.29) is 5.95 Å². The SMILES string of the molecule is CNc1nc(OC(F)F)cc(OC(F)F)n1. The number of anilines is 1. The second-order valence-corrected chi connectivity index (χ2v) is 2.38. The van der Waals surface area contributed by atoms with E-state index in [9.17, 15) is 17.6 Å². The van der Waals surface area contributed by atoms with Gasteiger partial charge in [-0.3, -0.25) is 0 Å². The lowest BCUT2D eigenvalue weighted by Gasteiger charge is -2.08. The summed E-state index contributed by atoms with van der Waals surface area (Å²) in [6.07, 6.45) is 0. The zero-order valence-electron chi connectivity index (χ0n) is 7.95. The number of ether oxygens (including phenoxy) is 2. The number of hydrogen-bond donors (Lipinski definition) is 1. The standard InChI is InChI=1S/C7H7F4N3O2/c1-12-7-13-3(15-5(8)9)2-4(14-7)16-6(10)11/h2,5-6H,1H3,(H,12,13,14). The fourth-order valence-electron chi connectivity index (χ4n) is 0.819. The van der Waals surface area contributed by atoms with Gasteiger partial charge < -0.3 is 14.8 Å². The zero-order valence-corrected chi connectivity index (χ0v) is 7.95. The van der Waals surface area contributed by atoms with Gasteiger partial charge in [0.15, 0.2) is 0 Å². The van der Waals surface area contributed by atoms with Crippen LogP contribution in [0.3, 0.4) is 0 Å². The van der Waals surface area contributed by atoms with Crippen LogP contribution in [0.15, 0.2) is 6.07 Å². The third-order valence-corrected chi connectivity index (χ3v) is 1.32. The average molecular weight is 241 g/mol. The van der Waals surface area contributed by atoms with Gasteiger partial charge in [-0.25, -0.2) is 0 Å². The van der Waals surface area contributed by atoms with E-state index in [2.05, 4.69) is 24.8 Å². The molecule has 1 aromatic rings. The summed E-state index contributed by atoms with van der Waals surface area (Å²) in [4.78, 5) is 6.90. The minimum Gasteiger partial charge on any atom is -0.417 e. The Hall–Kier alpha value is -1.80. The van der Waals surface area contributed by atoms with Gasteiger partial charge >= 0.3 is 13.2 Å². The van der Waals surface area contributed by atoms with Crippen LogP contribution in [0, 0.1) is 0 Å². The number of alkyl halides is 4. The fraction of sp³-hybridized carbons (Fsp3) is 0.429. The van der Waals surface area contributed by atoms with Crippen molar-refractivity contribution in [3.63, 3.8) is 0 Å². The fourth-order valence-corrected chi connectivity index (χ4v) is 0.819. The molecule has 0 bridgehead atoms. The van der Waals surface area contributed by atoms with Gasteiger partial charge in [0.2, 0.25) is 17.7 Å². The van der Waals surface area contributed by atoms with E-state index in [0.29, 0.717) is 0 Å². The minimum atomic E-state index is -3.11. The lowest BCUT2D eigenvalue weighted by atomic mass is 10.6. The zero-order chi connectivity index (χ0) is 12.1. The van der Waals surface area contributed by atoms with Crippen molar-refractivity contribution in [2.24, 2.45) is 0 Å². The third-order valence-electron chi connectivity index (χ3n) is 1.32. The van der Waals surface area contributed by atoms with Gasteiger partial charge in [-0.05, 0) is 0 Å². The lowest BCUT2D eigenvalue weighted by Crippen LogP contribution is -2.09. The summed E-state index contributed by atoms with van der Waals surface area (Å²) in [6.45, 7) is -6.22. The molecule has 0 radical (unpaired) electrons. The highest BCUT2D eigenvalue weighted by molar-refractivity contribution is 5.32. The summed E-state index contributed by atoms with van der Waals surface area (Å²) in [7, 11) is 1.38. The first kappa shape index (κ1) is 12.3. The lowest BCUT2D eigenvalue weighted by molar-refractivity contribution is -0.0579. The predicted octanol–water partition coefficient (Wildman–Crippen LogP) is 1.72. The first-order valence-corrected chi connectivity index (χ1v) is 3.97. The molecule has 16 heavy (non-hydrogen) atoms. The molecular formula is C7H7F4N3O2. The van der Waals surface area contributed by atoms with Gasteiger partial charge in [0.25, 0.3) is 0 Å². The van der Waals surface area contributed by atoms with Crippen molar-refractivity contribution in [3.05, 3.63) is 6.07 Å². The van der Waals surface area contributed by atoms with Crippen LogP contribution in [0.25, 0.3) is 0 Å². The minimum absolute atomic E-state index is 0.172. The van der Waals surface area contributed by atoms with E-state index in [1.54, 1.807) is 0 Å². The normalized spacial score (nSPS) is 10.7. The van der Waals surface area contributed by atoms with Crippen molar-refractivity contribution in [1.82, 2.24) is 9.97 Å². The summed E-state index contributed by atoms with van der Waals surface area (Å²) in [5.41, 5.74) is 0. The molecular weight excluding hydrogens is 234 g/mol. The highest BCUT2D eigenvalue weighted by Crippen LogP contribution is 2.20. The Morgan fingerprint density at radius 1 is 1.06 bits per heavy atom. The first-order chi connectivity index (χ1) is 7.51. The third kappa shape index (κ3) is 3.75. The molecule has 1 rings (SSSR count). The Morgan fingerprint density at radius 2 is 1.50 bits per heavy atom. The molecule has 1 N–H and O–H groups in total. The van der Waals surface area contributed by atoms with Crippen molar-refractivity contribution in [3.8, 4) is 11.8 Å². The molecule has 5 nitrogen and oxygen atoms in total. The maximum atomic E-state index is 11.9.